The molecular weight excluding hydrogens is 312 g/mol. The third kappa shape index (κ3) is 4.65. The molecule has 0 amide bonds. The van der Waals surface area contributed by atoms with E-state index in [1.165, 1.54) is 0 Å². The number of nitrogens with two attached hydrogens (primary N) is 2. The highest BCUT2D eigenvalue weighted by Gasteiger charge is 2.02. The lowest BCUT2D eigenvalue weighted by atomic mass is 10.2. The molecule has 0 unspecified atom stereocenters. The Kier molecular flexibility index (Phi) is 5.01. The van der Waals surface area contributed by atoms with E-state index in [0.717, 1.165) is 11.3 Å². The molecule has 0 atom stereocenters. The van der Waals surface area contributed by atoms with Gasteiger partial charge in [0.1, 0.15) is 0 Å². The van der Waals surface area contributed by atoms with E-state index in [9.17, 15) is 0 Å². The maximum Gasteiger partial charge on any atom is 0.201 e. The van der Waals surface area contributed by atoms with Gasteiger partial charge in [0.15, 0.2) is 0 Å². The maximum atomic E-state index is 5.69. The quantitative estimate of drug-likeness (QED) is 0.217. The number of nitrogens with zero attached hydrogens (tertiary/aromatic N) is 3. The molecule has 5 N–H and O–H groups in total. The van der Waals surface area contributed by atoms with Crippen molar-refractivity contribution in [3.63, 3.8) is 0 Å². The van der Waals surface area contributed by atoms with Crippen molar-refractivity contribution in [2.75, 3.05) is 16.9 Å². The minimum Gasteiger partial charge on any atom is -0.399 e. The first-order chi connectivity index (χ1) is 12.2. The molecule has 0 heterocycles. The van der Waals surface area contributed by atoms with E-state index in [-0.39, 0.29) is 0 Å². The summed E-state index contributed by atoms with van der Waals surface area (Å²) >= 11 is 0. The first-order valence-electron chi connectivity index (χ1n) is 7.73. The highest BCUT2D eigenvalue weighted by atomic mass is 15.3. The van der Waals surface area contributed by atoms with Gasteiger partial charge >= 0.3 is 0 Å². The molecule has 0 spiro atoms. The molecule has 3 aromatic rings. The number of hydrazone groups is 1. The SMILES string of the molecule is Nc1ccc(N=N/C(=N\Nc2ccc(N)cc2)c2ccccc2)cc1. The van der Waals surface area contributed by atoms with E-state index >= 15 is 0 Å². The van der Waals surface area contributed by atoms with E-state index in [0.29, 0.717) is 22.9 Å². The molecule has 0 bridgehead atoms. The summed E-state index contributed by atoms with van der Waals surface area (Å²) in [6.07, 6.45) is 0. The molecule has 0 fully saturated rings. The van der Waals surface area contributed by atoms with Crippen LogP contribution in [0.1, 0.15) is 5.56 Å². The molecule has 0 saturated heterocycles. The first kappa shape index (κ1) is 16.2. The molecule has 6 heteroatoms. The Morgan fingerprint density at radius 3 is 1.96 bits per heavy atom. The summed E-state index contributed by atoms with van der Waals surface area (Å²) in [5, 5.41) is 12.9. The molecule has 3 rings (SSSR count). The van der Waals surface area contributed by atoms with Crippen LogP contribution in [0.3, 0.4) is 0 Å². The number of nitrogens with one attached hydrogen (secondary N) is 1. The number of azo groups is 1. The highest BCUT2D eigenvalue weighted by Crippen LogP contribution is 2.16. The van der Waals surface area contributed by atoms with Crippen LogP contribution in [-0.4, -0.2) is 5.84 Å². The second-order valence-electron chi connectivity index (χ2n) is 5.33. The number of hydrogen-bond donors (Lipinski definition) is 3. The van der Waals surface area contributed by atoms with Gasteiger partial charge in [-0.15, -0.1) is 10.2 Å². The van der Waals surface area contributed by atoms with Crippen LogP contribution in [0, 0.1) is 0 Å². The topological polar surface area (TPSA) is 101 Å². The predicted octanol–water partition coefficient (Wildman–Crippen LogP) is 4.41. The average molecular weight is 330 g/mol. The lowest BCUT2D eigenvalue weighted by molar-refractivity contribution is 1.22. The second-order valence-corrected chi connectivity index (χ2v) is 5.33. The summed E-state index contributed by atoms with van der Waals surface area (Å²) in [4.78, 5) is 0. The van der Waals surface area contributed by atoms with Crippen LogP contribution in [0.15, 0.2) is 94.2 Å². The van der Waals surface area contributed by atoms with Gasteiger partial charge in [0, 0.05) is 16.9 Å². The average Bonchev–Trinajstić information content (AvgIpc) is 2.65. The van der Waals surface area contributed by atoms with E-state index in [2.05, 4.69) is 20.8 Å². The van der Waals surface area contributed by atoms with Crippen LogP contribution in [0.2, 0.25) is 0 Å². The normalized spacial score (nSPS) is 11.6. The number of rotatable bonds is 4. The summed E-state index contributed by atoms with van der Waals surface area (Å²) in [5.41, 5.74) is 18.1. The van der Waals surface area contributed by atoms with Gasteiger partial charge in [-0.2, -0.15) is 5.10 Å². The van der Waals surface area contributed by atoms with Gasteiger partial charge < -0.3 is 11.5 Å². The van der Waals surface area contributed by atoms with Crippen molar-refractivity contribution in [2.24, 2.45) is 15.3 Å². The van der Waals surface area contributed by atoms with Gasteiger partial charge in [0.2, 0.25) is 5.84 Å². The Morgan fingerprint density at radius 2 is 1.32 bits per heavy atom. The fourth-order valence-corrected chi connectivity index (χ4v) is 2.05. The third-order valence-electron chi connectivity index (χ3n) is 3.39. The number of anilines is 3. The van der Waals surface area contributed by atoms with Gasteiger partial charge in [-0.25, -0.2) is 0 Å². The van der Waals surface area contributed by atoms with Gasteiger partial charge in [-0.3, -0.25) is 5.43 Å². The lowest BCUT2D eigenvalue weighted by Crippen LogP contribution is -2.01. The fourth-order valence-electron chi connectivity index (χ4n) is 2.05. The standard InChI is InChI=1S/C19H18N6/c20-15-6-10-17(11-7-15)22-24-19(14-4-2-1-3-5-14)25-23-18-12-8-16(21)9-13-18/h1-13,22H,20-21H2/b24-19-,25-23?. The molecule has 124 valence electrons. The molecular formula is C19H18N6. The second kappa shape index (κ2) is 7.74. The zero-order valence-electron chi connectivity index (χ0n) is 13.5. The van der Waals surface area contributed by atoms with Gasteiger partial charge in [0.05, 0.1) is 11.4 Å². The summed E-state index contributed by atoms with van der Waals surface area (Å²) in [7, 11) is 0. The molecule has 3 aromatic carbocycles. The highest BCUT2D eigenvalue weighted by molar-refractivity contribution is 5.99. The van der Waals surface area contributed by atoms with Gasteiger partial charge in [-0.05, 0) is 48.5 Å². The van der Waals surface area contributed by atoms with E-state index in [1.807, 2.05) is 42.5 Å². The van der Waals surface area contributed by atoms with Crippen molar-refractivity contribution >= 4 is 28.6 Å². The van der Waals surface area contributed by atoms with Crippen molar-refractivity contribution in [2.45, 2.75) is 0 Å². The monoisotopic (exact) mass is 330 g/mol. The molecule has 0 radical (unpaired) electrons. The molecule has 0 aliphatic heterocycles. The predicted molar refractivity (Wildman–Crippen MR) is 103 cm³/mol. The molecule has 0 aromatic heterocycles. The van der Waals surface area contributed by atoms with Crippen LogP contribution in [0.4, 0.5) is 22.7 Å². The fraction of sp³-hybridized carbons (Fsp3) is 0. The summed E-state index contributed by atoms with van der Waals surface area (Å²) in [6.45, 7) is 0. The van der Waals surface area contributed by atoms with Gasteiger partial charge in [0.25, 0.3) is 0 Å². The van der Waals surface area contributed by atoms with E-state index < -0.39 is 0 Å². The number of hydrogen-bond acceptors (Lipinski definition) is 5. The number of nitrogen functional groups attached to an aromatic ring is 2. The molecule has 25 heavy (non-hydrogen) atoms. The molecule has 0 aliphatic carbocycles. The lowest BCUT2D eigenvalue weighted by Gasteiger charge is -2.04. The van der Waals surface area contributed by atoms with Crippen molar-refractivity contribution < 1.29 is 0 Å². The Morgan fingerprint density at radius 1 is 0.720 bits per heavy atom. The number of benzene rings is 3. The van der Waals surface area contributed by atoms with Crippen molar-refractivity contribution in [1.29, 1.82) is 0 Å². The van der Waals surface area contributed by atoms with Crippen LogP contribution in [0.5, 0.6) is 0 Å². The van der Waals surface area contributed by atoms with Crippen LogP contribution >= 0.6 is 0 Å². The maximum absolute atomic E-state index is 5.69. The van der Waals surface area contributed by atoms with Crippen molar-refractivity contribution in [1.82, 2.24) is 0 Å². The molecule has 0 aliphatic rings. The van der Waals surface area contributed by atoms with E-state index in [1.54, 1.807) is 36.4 Å². The molecule has 0 saturated carbocycles. The van der Waals surface area contributed by atoms with Crippen LogP contribution in [0.25, 0.3) is 0 Å². The van der Waals surface area contributed by atoms with Gasteiger partial charge in [-0.1, -0.05) is 30.3 Å². The Balaban J connectivity index is 1.85. The zero-order valence-corrected chi connectivity index (χ0v) is 13.5. The van der Waals surface area contributed by atoms with Crippen LogP contribution in [-0.2, 0) is 0 Å². The van der Waals surface area contributed by atoms with Crippen molar-refractivity contribution in [3.8, 4) is 0 Å². The third-order valence-corrected chi connectivity index (χ3v) is 3.39. The minimum absolute atomic E-state index is 0.467. The van der Waals surface area contributed by atoms with Crippen molar-refractivity contribution in [3.05, 3.63) is 84.4 Å². The Bertz CT molecular complexity index is 868. The Labute approximate surface area is 145 Å². The Hall–Kier alpha value is -3.67. The summed E-state index contributed by atoms with van der Waals surface area (Å²) in [6, 6.07) is 24.1. The largest absolute Gasteiger partial charge is 0.399 e. The van der Waals surface area contributed by atoms with E-state index in [4.69, 9.17) is 11.5 Å². The summed E-state index contributed by atoms with van der Waals surface area (Å²) < 4.78 is 0. The smallest absolute Gasteiger partial charge is 0.201 e. The minimum atomic E-state index is 0.467. The zero-order chi connectivity index (χ0) is 17.5. The first-order valence-corrected chi connectivity index (χ1v) is 7.73. The molecule has 6 nitrogen and oxygen atoms in total. The van der Waals surface area contributed by atoms with Crippen LogP contribution < -0.4 is 16.9 Å². The summed E-state index contributed by atoms with van der Waals surface area (Å²) in [5.74, 6) is 0.467. The number of amidine groups is 1.